The van der Waals surface area contributed by atoms with E-state index < -0.39 is 23.4 Å². The normalized spacial score (nSPS) is 12.4. The highest BCUT2D eigenvalue weighted by atomic mass is 19.4. The molecule has 0 spiro atoms. The molecule has 0 saturated carbocycles. The Bertz CT molecular complexity index is 575. The van der Waals surface area contributed by atoms with Crippen LogP contribution in [0.25, 0.3) is 6.08 Å². The van der Waals surface area contributed by atoms with E-state index in [1.165, 1.54) is 6.08 Å². The van der Waals surface area contributed by atoms with Gasteiger partial charge in [-0.2, -0.15) is 13.2 Å². The molecule has 4 nitrogen and oxygen atoms in total. The van der Waals surface area contributed by atoms with Crippen LogP contribution in [0.4, 0.5) is 18.0 Å². The summed E-state index contributed by atoms with van der Waals surface area (Å²) in [7, 11) is 0. The first kappa shape index (κ1) is 18.9. The molecule has 0 heterocycles. The summed E-state index contributed by atoms with van der Waals surface area (Å²) in [5.41, 5.74) is -1.36. The minimum atomic E-state index is -4.46. The lowest BCUT2D eigenvalue weighted by molar-refractivity contribution is -0.137. The maximum absolute atomic E-state index is 12.6. The van der Waals surface area contributed by atoms with Gasteiger partial charge in [0, 0.05) is 12.1 Å². The van der Waals surface area contributed by atoms with Crippen molar-refractivity contribution in [2.75, 3.05) is 6.54 Å². The molecule has 0 aliphatic heterocycles. The van der Waals surface area contributed by atoms with Crippen LogP contribution in [0.1, 0.15) is 38.3 Å². The molecule has 0 aliphatic rings. The average Bonchev–Trinajstić information content (AvgIpc) is 2.36. The lowest BCUT2D eigenvalue weighted by Gasteiger charge is -2.19. The lowest BCUT2D eigenvalue weighted by atomic mass is 10.1. The number of alkyl halides is 3. The molecule has 1 rings (SSSR count). The summed E-state index contributed by atoms with van der Waals surface area (Å²) in [6.07, 6.45) is -1.70. The molecule has 0 saturated heterocycles. The number of phenolic OH excluding ortho intramolecular Hbond substituents is 1. The minimum Gasteiger partial charge on any atom is -0.507 e. The summed E-state index contributed by atoms with van der Waals surface area (Å²) in [5, 5.41) is 12.1. The smallest absolute Gasteiger partial charge is 0.416 e. The van der Waals surface area contributed by atoms with Crippen molar-refractivity contribution in [3.05, 3.63) is 35.4 Å². The maximum atomic E-state index is 12.6. The molecule has 1 aromatic rings. The lowest BCUT2D eigenvalue weighted by Crippen LogP contribution is -2.32. The number of halogens is 3. The number of nitrogens with one attached hydrogen (secondary N) is 1. The van der Waals surface area contributed by atoms with Gasteiger partial charge in [0.15, 0.2) is 0 Å². The van der Waals surface area contributed by atoms with Crippen molar-refractivity contribution in [2.45, 2.75) is 39.0 Å². The first-order chi connectivity index (χ1) is 10.5. The van der Waals surface area contributed by atoms with Crippen molar-refractivity contribution in [2.24, 2.45) is 0 Å². The second-order valence-electron chi connectivity index (χ2n) is 5.89. The van der Waals surface area contributed by atoms with E-state index in [1.54, 1.807) is 26.8 Å². The van der Waals surface area contributed by atoms with E-state index in [9.17, 15) is 23.1 Å². The molecule has 0 aliphatic carbocycles. The third-order valence-electron chi connectivity index (χ3n) is 2.63. The molecular formula is C16H20F3NO3. The number of aromatic hydroxyl groups is 1. The zero-order valence-electron chi connectivity index (χ0n) is 13.2. The van der Waals surface area contributed by atoms with Crippen molar-refractivity contribution >= 4 is 12.2 Å². The highest BCUT2D eigenvalue weighted by Gasteiger charge is 2.30. The van der Waals surface area contributed by atoms with E-state index in [2.05, 4.69) is 5.32 Å². The molecular weight excluding hydrogens is 311 g/mol. The summed E-state index contributed by atoms with van der Waals surface area (Å²) in [5.74, 6) is -0.241. The molecule has 0 radical (unpaired) electrons. The quantitative estimate of drug-likeness (QED) is 0.807. The third kappa shape index (κ3) is 7.08. The SMILES string of the molecule is CC(C)(C)OC(=O)NCCC=Cc1cc(C(F)(F)F)ccc1O. The Morgan fingerprint density at radius 3 is 2.52 bits per heavy atom. The van der Waals surface area contributed by atoms with Gasteiger partial charge in [-0.25, -0.2) is 4.79 Å². The zero-order chi connectivity index (χ0) is 17.7. The van der Waals surface area contributed by atoms with Gasteiger partial charge in [-0.15, -0.1) is 0 Å². The maximum Gasteiger partial charge on any atom is 0.416 e. The van der Waals surface area contributed by atoms with Crippen LogP contribution in [0, 0.1) is 0 Å². The molecule has 0 fully saturated rings. The number of rotatable bonds is 4. The Hall–Kier alpha value is -2.18. The Labute approximate surface area is 133 Å². The Balaban J connectivity index is 2.54. The van der Waals surface area contributed by atoms with Crippen LogP contribution in [0.3, 0.4) is 0 Å². The first-order valence-electron chi connectivity index (χ1n) is 7.02. The van der Waals surface area contributed by atoms with E-state index in [0.29, 0.717) is 6.42 Å². The number of hydrogen-bond donors (Lipinski definition) is 2. The van der Waals surface area contributed by atoms with Crippen LogP contribution in [0.15, 0.2) is 24.3 Å². The Morgan fingerprint density at radius 2 is 1.96 bits per heavy atom. The minimum absolute atomic E-state index is 0.0668. The number of carbonyl (C=O) groups excluding carboxylic acids is 1. The van der Waals surface area contributed by atoms with E-state index in [4.69, 9.17) is 4.74 Å². The van der Waals surface area contributed by atoms with Gasteiger partial charge in [0.25, 0.3) is 0 Å². The molecule has 23 heavy (non-hydrogen) atoms. The van der Waals surface area contributed by atoms with Crippen LogP contribution in [-0.4, -0.2) is 23.3 Å². The predicted molar refractivity (Wildman–Crippen MR) is 81.0 cm³/mol. The Morgan fingerprint density at radius 1 is 1.30 bits per heavy atom. The van der Waals surface area contributed by atoms with Crippen LogP contribution in [0.2, 0.25) is 0 Å². The monoisotopic (exact) mass is 331 g/mol. The fourth-order valence-corrected chi connectivity index (χ4v) is 1.65. The topological polar surface area (TPSA) is 58.6 Å². The average molecular weight is 331 g/mol. The fraction of sp³-hybridized carbons (Fsp3) is 0.438. The van der Waals surface area contributed by atoms with Gasteiger partial charge in [0.05, 0.1) is 5.56 Å². The first-order valence-corrected chi connectivity index (χ1v) is 7.02. The molecule has 7 heteroatoms. The van der Waals surface area contributed by atoms with E-state index >= 15 is 0 Å². The number of carbonyl (C=O) groups is 1. The number of amides is 1. The summed E-state index contributed by atoms with van der Waals surface area (Å²) in [6.45, 7) is 5.49. The number of ether oxygens (including phenoxy) is 1. The molecule has 128 valence electrons. The standard InChI is InChI=1S/C16H20F3NO3/c1-15(2,3)23-14(22)20-9-5-4-6-11-10-12(16(17,18)19)7-8-13(11)21/h4,6-8,10,21H,5,9H2,1-3H3,(H,20,22). The van der Waals surface area contributed by atoms with E-state index in [-0.39, 0.29) is 17.9 Å². The predicted octanol–water partition coefficient (Wildman–Crippen LogP) is 4.34. The van der Waals surface area contributed by atoms with E-state index in [1.807, 2.05) is 0 Å². The molecule has 0 unspecified atom stereocenters. The number of hydrogen-bond acceptors (Lipinski definition) is 3. The van der Waals surface area contributed by atoms with Crippen LogP contribution in [-0.2, 0) is 10.9 Å². The van der Waals surface area contributed by atoms with Crippen molar-refractivity contribution in [1.82, 2.24) is 5.32 Å². The molecule has 1 aromatic carbocycles. The highest BCUT2D eigenvalue weighted by molar-refractivity contribution is 5.67. The van der Waals surface area contributed by atoms with Crippen molar-refractivity contribution < 1.29 is 27.8 Å². The molecule has 1 amide bonds. The molecule has 0 bridgehead atoms. The number of alkyl carbamates (subject to hydrolysis) is 1. The van der Waals surface area contributed by atoms with Crippen LogP contribution >= 0.6 is 0 Å². The summed E-state index contributed by atoms with van der Waals surface area (Å²) in [4.78, 5) is 11.4. The van der Waals surface area contributed by atoms with Gasteiger partial charge in [0.2, 0.25) is 0 Å². The second kappa shape index (κ2) is 7.39. The molecule has 0 aromatic heterocycles. The van der Waals surface area contributed by atoms with Gasteiger partial charge in [-0.1, -0.05) is 12.2 Å². The number of benzene rings is 1. The van der Waals surface area contributed by atoms with Gasteiger partial charge in [-0.05, 0) is 45.4 Å². The van der Waals surface area contributed by atoms with Gasteiger partial charge in [0.1, 0.15) is 11.4 Å². The van der Waals surface area contributed by atoms with Crippen LogP contribution < -0.4 is 5.32 Å². The summed E-state index contributed by atoms with van der Waals surface area (Å²) < 4.78 is 42.8. The van der Waals surface area contributed by atoms with Crippen molar-refractivity contribution in [3.63, 3.8) is 0 Å². The third-order valence-corrected chi connectivity index (χ3v) is 2.63. The summed E-state index contributed by atoms with van der Waals surface area (Å²) in [6, 6.07) is 2.69. The van der Waals surface area contributed by atoms with Crippen molar-refractivity contribution in [1.29, 1.82) is 0 Å². The summed E-state index contributed by atoms with van der Waals surface area (Å²) >= 11 is 0. The second-order valence-corrected chi connectivity index (χ2v) is 5.89. The molecule has 2 N–H and O–H groups in total. The van der Waals surface area contributed by atoms with Crippen LogP contribution in [0.5, 0.6) is 5.75 Å². The molecule has 0 atom stereocenters. The van der Waals surface area contributed by atoms with E-state index in [0.717, 1.165) is 18.2 Å². The fourth-order valence-electron chi connectivity index (χ4n) is 1.65. The zero-order valence-corrected chi connectivity index (χ0v) is 13.2. The number of phenols is 1. The Kier molecular flexibility index (Phi) is 6.06. The van der Waals surface area contributed by atoms with Gasteiger partial charge < -0.3 is 15.2 Å². The highest BCUT2D eigenvalue weighted by Crippen LogP contribution is 2.32. The van der Waals surface area contributed by atoms with Gasteiger partial charge >= 0.3 is 12.3 Å². The largest absolute Gasteiger partial charge is 0.507 e. The van der Waals surface area contributed by atoms with Crippen molar-refractivity contribution in [3.8, 4) is 5.75 Å². The van der Waals surface area contributed by atoms with Gasteiger partial charge in [-0.3, -0.25) is 0 Å².